The van der Waals surface area contributed by atoms with Crippen LogP contribution in [0.3, 0.4) is 0 Å². The Kier molecular flexibility index (Phi) is 3.79. The van der Waals surface area contributed by atoms with E-state index < -0.39 is 10.8 Å². The van der Waals surface area contributed by atoms with Crippen LogP contribution in [0.2, 0.25) is 0 Å². The number of hydrogen-bond donors (Lipinski definition) is 1. The van der Waals surface area contributed by atoms with Gasteiger partial charge in [0, 0.05) is 11.8 Å². The minimum absolute atomic E-state index is 0.0119. The number of nitro groups is 1. The van der Waals surface area contributed by atoms with Gasteiger partial charge in [0.25, 0.3) is 11.6 Å². The van der Waals surface area contributed by atoms with E-state index in [0.29, 0.717) is 5.69 Å². The fourth-order valence-electron chi connectivity index (χ4n) is 2.06. The van der Waals surface area contributed by atoms with Crippen LogP contribution in [0.15, 0.2) is 61.2 Å². The summed E-state index contributed by atoms with van der Waals surface area (Å²) < 4.78 is 1.58. The number of aromatic nitrogens is 3. The standard InChI is InChI=1S/C15H11N5O3/c21-15(13-3-1-2-4-14(13)20(22)23)18-11-5-7-12(8-6-11)19-10-16-9-17-19/h1-10H,(H,18,21). The molecule has 8 nitrogen and oxygen atoms in total. The molecule has 2 aromatic carbocycles. The van der Waals surface area contributed by atoms with Crippen molar-refractivity contribution in [1.29, 1.82) is 0 Å². The van der Waals surface area contributed by atoms with Crippen molar-refractivity contribution in [2.24, 2.45) is 0 Å². The lowest BCUT2D eigenvalue weighted by molar-refractivity contribution is -0.385. The van der Waals surface area contributed by atoms with E-state index in [1.165, 1.54) is 24.5 Å². The molecule has 3 aromatic rings. The lowest BCUT2D eigenvalue weighted by Gasteiger charge is -2.07. The summed E-state index contributed by atoms with van der Waals surface area (Å²) in [6, 6.07) is 12.7. The van der Waals surface area contributed by atoms with Crippen LogP contribution in [0.25, 0.3) is 5.69 Å². The number of nitro benzene ring substituents is 1. The number of para-hydroxylation sites is 1. The monoisotopic (exact) mass is 309 g/mol. The first kappa shape index (κ1) is 14.4. The summed E-state index contributed by atoms with van der Waals surface area (Å²) >= 11 is 0. The molecular formula is C15H11N5O3. The molecule has 1 aromatic heterocycles. The molecule has 1 N–H and O–H groups in total. The van der Waals surface area contributed by atoms with Crippen LogP contribution in [-0.4, -0.2) is 25.6 Å². The molecule has 1 amide bonds. The topological polar surface area (TPSA) is 103 Å². The fourth-order valence-corrected chi connectivity index (χ4v) is 2.06. The molecule has 23 heavy (non-hydrogen) atoms. The van der Waals surface area contributed by atoms with E-state index in [4.69, 9.17) is 0 Å². The molecule has 0 atom stereocenters. The van der Waals surface area contributed by atoms with E-state index >= 15 is 0 Å². The predicted octanol–water partition coefficient (Wildman–Crippen LogP) is 2.43. The lowest BCUT2D eigenvalue weighted by Crippen LogP contribution is -2.13. The zero-order valence-electron chi connectivity index (χ0n) is 11.8. The summed E-state index contributed by atoms with van der Waals surface area (Å²) in [5.74, 6) is -0.536. The van der Waals surface area contributed by atoms with Crippen molar-refractivity contribution in [3.8, 4) is 5.69 Å². The molecule has 0 saturated heterocycles. The second-order valence-electron chi connectivity index (χ2n) is 4.62. The summed E-state index contributed by atoms with van der Waals surface area (Å²) in [7, 11) is 0. The lowest BCUT2D eigenvalue weighted by atomic mass is 10.1. The van der Waals surface area contributed by atoms with Gasteiger partial charge in [0.2, 0.25) is 0 Å². The highest BCUT2D eigenvalue weighted by atomic mass is 16.6. The number of nitrogens with one attached hydrogen (secondary N) is 1. The van der Waals surface area contributed by atoms with E-state index in [9.17, 15) is 14.9 Å². The highest BCUT2D eigenvalue weighted by molar-refractivity contribution is 6.07. The Balaban J connectivity index is 1.80. The molecule has 0 fully saturated rings. The average molecular weight is 309 g/mol. The van der Waals surface area contributed by atoms with Gasteiger partial charge in [0.05, 0.1) is 10.6 Å². The van der Waals surface area contributed by atoms with Crippen molar-refractivity contribution in [2.45, 2.75) is 0 Å². The molecule has 0 radical (unpaired) electrons. The number of amides is 1. The predicted molar refractivity (Wildman–Crippen MR) is 82.4 cm³/mol. The second-order valence-corrected chi connectivity index (χ2v) is 4.62. The van der Waals surface area contributed by atoms with Gasteiger partial charge in [-0.15, -0.1) is 0 Å². The summed E-state index contributed by atoms with van der Waals surface area (Å²) in [5.41, 5.74) is 1.09. The number of carbonyl (C=O) groups excluding carboxylic acids is 1. The van der Waals surface area contributed by atoms with Gasteiger partial charge in [0.1, 0.15) is 18.2 Å². The fraction of sp³-hybridized carbons (Fsp3) is 0. The summed E-state index contributed by atoms with van der Waals surface area (Å²) in [6.07, 6.45) is 2.98. The molecule has 0 aliphatic carbocycles. The van der Waals surface area contributed by atoms with Gasteiger partial charge in [-0.1, -0.05) is 12.1 Å². The van der Waals surface area contributed by atoms with Crippen LogP contribution in [-0.2, 0) is 0 Å². The molecule has 0 saturated carbocycles. The van der Waals surface area contributed by atoms with Crippen molar-refractivity contribution in [3.63, 3.8) is 0 Å². The Morgan fingerprint density at radius 1 is 1.13 bits per heavy atom. The van der Waals surface area contributed by atoms with E-state index in [1.54, 1.807) is 41.3 Å². The average Bonchev–Trinajstić information content (AvgIpc) is 3.10. The van der Waals surface area contributed by atoms with Gasteiger partial charge in [-0.2, -0.15) is 5.10 Å². The maximum absolute atomic E-state index is 12.2. The van der Waals surface area contributed by atoms with Crippen molar-refractivity contribution in [2.75, 3.05) is 5.32 Å². The van der Waals surface area contributed by atoms with Gasteiger partial charge in [0.15, 0.2) is 0 Å². The van der Waals surface area contributed by atoms with E-state index in [2.05, 4.69) is 15.4 Å². The van der Waals surface area contributed by atoms with Gasteiger partial charge in [-0.25, -0.2) is 9.67 Å². The maximum atomic E-state index is 12.2. The highest BCUT2D eigenvalue weighted by Crippen LogP contribution is 2.20. The van der Waals surface area contributed by atoms with Crippen LogP contribution in [0.5, 0.6) is 0 Å². The minimum Gasteiger partial charge on any atom is -0.322 e. The largest absolute Gasteiger partial charge is 0.322 e. The molecule has 0 spiro atoms. The van der Waals surface area contributed by atoms with Gasteiger partial charge < -0.3 is 5.32 Å². The molecule has 0 unspecified atom stereocenters. The van der Waals surface area contributed by atoms with E-state index in [0.717, 1.165) is 5.69 Å². The number of carbonyl (C=O) groups is 1. The normalized spacial score (nSPS) is 10.3. The van der Waals surface area contributed by atoms with Crippen molar-refractivity contribution in [3.05, 3.63) is 76.9 Å². The van der Waals surface area contributed by atoms with E-state index in [-0.39, 0.29) is 11.3 Å². The van der Waals surface area contributed by atoms with Crippen LogP contribution >= 0.6 is 0 Å². The Hall–Kier alpha value is -3.55. The summed E-state index contributed by atoms with van der Waals surface area (Å²) in [4.78, 5) is 26.4. The quantitative estimate of drug-likeness (QED) is 0.589. The van der Waals surface area contributed by atoms with Gasteiger partial charge in [-0.3, -0.25) is 14.9 Å². The zero-order chi connectivity index (χ0) is 16.2. The summed E-state index contributed by atoms with van der Waals surface area (Å²) in [5, 5.41) is 17.6. The molecule has 1 heterocycles. The molecule has 114 valence electrons. The van der Waals surface area contributed by atoms with Gasteiger partial charge >= 0.3 is 0 Å². The third-order valence-corrected chi connectivity index (χ3v) is 3.15. The number of benzene rings is 2. The molecular weight excluding hydrogens is 298 g/mol. The molecule has 3 rings (SSSR count). The molecule has 0 bridgehead atoms. The third-order valence-electron chi connectivity index (χ3n) is 3.15. The first-order valence-electron chi connectivity index (χ1n) is 6.65. The Morgan fingerprint density at radius 2 is 1.87 bits per heavy atom. The number of hydrogen-bond acceptors (Lipinski definition) is 5. The zero-order valence-corrected chi connectivity index (χ0v) is 11.8. The molecule has 0 aliphatic heterocycles. The number of rotatable bonds is 4. The van der Waals surface area contributed by atoms with Crippen LogP contribution in [0.4, 0.5) is 11.4 Å². The smallest absolute Gasteiger partial charge is 0.282 e. The minimum atomic E-state index is -0.581. The van der Waals surface area contributed by atoms with Crippen LogP contribution < -0.4 is 5.32 Å². The SMILES string of the molecule is O=C(Nc1ccc(-n2cncn2)cc1)c1ccccc1[N+](=O)[O-]. The maximum Gasteiger partial charge on any atom is 0.282 e. The van der Waals surface area contributed by atoms with Crippen LogP contribution in [0.1, 0.15) is 10.4 Å². The Labute approximate surface area is 130 Å². The Morgan fingerprint density at radius 3 is 2.52 bits per heavy atom. The summed E-state index contributed by atoms with van der Waals surface area (Å²) in [6.45, 7) is 0. The highest BCUT2D eigenvalue weighted by Gasteiger charge is 2.19. The first-order valence-corrected chi connectivity index (χ1v) is 6.65. The van der Waals surface area contributed by atoms with Crippen molar-refractivity contribution in [1.82, 2.24) is 14.8 Å². The van der Waals surface area contributed by atoms with Crippen molar-refractivity contribution >= 4 is 17.3 Å². The molecule has 8 heteroatoms. The molecule has 0 aliphatic rings. The van der Waals surface area contributed by atoms with Crippen LogP contribution in [0, 0.1) is 10.1 Å². The second kappa shape index (κ2) is 6.06. The first-order chi connectivity index (χ1) is 11.1. The Bertz CT molecular complexity index is 844. The number of anilines is 1. The van der Waals surface area contributed by atoms with Crippen molar-refractivity contribution < 1.29 is 9.72 Å². The number of nitrogens with zero attached hydrogens (tertiary/aromatic N) is 4. The van der Waals surface area contributed by atoms with Gasteiger partial charge in [-0.05, 0) is 30.3 Å². The third kappa shape index (κ3) is 3.05. The van der Waals surface area contributed by atoms with E-state index in [1.807, 2.05) is 0 Å².